The van der Waals surface area contributed by atoms with Crippen LogP contribution in [0.15, 0.2) is 48.5 Å². The highest BCUT2D eigenvalue weighted by molar-refractivity contribution is 6.11. The zero-order valence-corrected chi connectivity index (χ0v) is 11.6. The lowest BCUT2D eigenvalue weighted by Gasteiger charge is -2.21. The second-order valence-corrected chi connectivity index (χ2v) is 4.96. The monoisotopic (exact) mass is 266 g/mol. The molecule has 0 saturated heterocycles. The van der Waals surface area contributed by atoms with Gasteiger partial charge in [0.05, 0.1) is 13.2 Å². The summed E-state index contributed by atoms with van der Waals surface area (Å²) in [6, 6.07) is 16.4. The Hall–Kier alpha value is -2.13. The van der Waals surface area contributed by atoms with E-state index < -0.39 is 0 Å². The molecule has 3 heteroatoms. The first-order valence-electron chi connectivity index (χ1n) is 6.82. The number of benzene rings is 2. The van der Waals surface area contributed by atoms with Gasteiger partial charge in [0.1, 0.15) is 5.84 Å². The van der Waals surface area contributed by atoms with Crippen LogP contribution < -0.4 is 4.90 Å². The van der Waals surface area contributed by atoms with E-state index in [1.165, 1.54) is 11.1 Å². The van der Waals surface area contributed by atoms with Crippen LogP contribution in [-0.2, 0) is 17.7 Å². The molecule has 1 N–H and O–H groups in total. The van der Waals surface area contributed by atoms with Gasteiger partial charge in [-0.15, -0.1) is 0 Å². The van der Waals surface area contributed by atoms with Crippen LogP contribution in [-0.4, -0.2) is 19.6 Å². The number of para-hydroxylation sites is 1. The summed E-state index contributed by atoms with van der Waals surface area (Å²) in [5.74, 6) is 0.588. The van der Waals surface area contributed by atoms with E-state index in [2.05, 4.69) is 23.1 Å². The fourth-order valence-corrected chi connectivity index (χ4v) is 2.69. The van der Waals surface area contributed by atoms with Gasteiger partial charge in [-0.05, 0) is 23.6 Å². The first kappa shape index (κ1) is 12.9. The quantitative estimate of drug-likeness (QED) is 0.922. The maximum Gasteiger partial charge on any atom is 0.133 e. The summed E-state index contributed by atoms with van der Waals surface area (Å²) in [6.07, 6.45) is 0.868. The number of nitrogens with zero attached hydrogens (tertiary/aromatic N) is 1. The zero-order chi connectivity index (χ0) is 13.9. The third-order valence-corrected chi connectivity index (χ3v) is 3.73. The van der Waals surface area contributed by atoms with E-state index in [9.17, 15) is 0 Å². The standard InChI is InChI=1S/C17H18N2O/c1-20-11-10-13-6-3-5-9-16(13)19-12-14-7-2-4-8-15(14)17(19)18/h2-9,18H,10-12H2,1H3. The predicted octanol–water partition coefficient (Wildman–Crippen LogP) is 3.22. The lowest BCUT2D eigenvalue weighted by Crippen LogP contribution is -2.24. The number of rotatable bonds is 4. The molecule has 3 nitrogen and oxygen atoms in total. The van der Waals surface area contributed by atoms with Gasteiger partial charge < -0.3 is 9.64 Å². The van der Waals surface area contributed by atoms with Crippen molar-refractivity contribution < 1.29 is 4.74 Å². The molecule has 0 saturated carbocycles. The zero-order valence-electron chi connectivity index (χ0n) is 11.6. The molecule has 1 aliphatic heterocycles. The first-order chi connectivity index (χ1) is 9.81. The highest BCUT2D eigenvalue weighted by atomic mass is 16.5. The van der Waals surface area contributed by atoms with E-state index >= 15 is 0 Å². The predicted molar refractivity (Wildman–Crippen MR) is 81.5 cm³/mol. The van der Waals surface area contributed by atoms with Crippen LogP contribution in [0.2, 0.25) is 0 Å². The molecule has 102 valence electrons. The Labute approximate surface area is 119 Å². The van der Waals surface area contributed by atoms with E-state index in [0.29, 0.717) is 12.4 Å². The van der Waals surface area contributed by atoms with Gasteiger partial charge in [-0.25, -0.2) is 0 Å². The number of ether oxygens (including phenoxy) is 1. The van der Waals surface area contributed by atoms with Crippen molar-refractivity contribution in [2.75, 3.05) is 18.6 Å². The van der Waals surface area contributed by atoms with Crippen LogP contribution in [0.4, 0.5) is 5.69 Å². The van der Waals surface area contributed by atoms with Gasteiger partial charge in [0.15, 0.2) is 0 Å². The summed E-state index contributed by atoms with van der Waals surface area (Å²) >= 11 is 0. The Bertz CT molecular complexity index is 636. The Morgan fingerprint density at radius 3 is 2.65 bits per heavy atom. The van der Waals surface area contributed by atoms with Gasteiger partial charge in [-0.1, -0.05) is 42.5 Å². The molecule has 0 atom stereocenters. The van der Waals surface area contributed by atoms with Gasteiger partial charge in [-0.2, -0.15) is 0 Å². The van der Waals surface area contributed by atoms with Crippen LogP contribution in [0.5, 0.6) is 0 Å². The second kappa shape index (κ2) is 5.47. The van der Waals surface area contributed by atoms with Gasteiger partial charge >= 0.3 is 0 Å². The molecule has 1 aliphatic rings. The summed E-state index contributed by atoms with van der Waals surface area (Å²) in [5.41, 5.74) is 4.60. The number of anilines is 1. The van der Waals surface area contributed by atoms with Crippen LogP contribution in [0.25, 0.3) is 0 Å². The summed E-state index contributed by atoms with van der Waals surface area (Å²) in [7, 11) is 1.72. The number of amidine groups is 1. The largest absolute Gasteiger partial charge is 0.384 e. The van der Waals surface area contributed by atoms with E-state index in [1.807, 2.05) is 30.3 Å². The van der Waals surface area contributed by atoms with Crippen molar-refractivity contribution in [2.24, 2.45) is 0 Å². The number of nitrogens with one attached hydrogen (secondary N) is 1. The SMILES string of the molecule is COCCc1ccccc1N1Cc2ccccc2C1=N. The van der Waals surface area contributed by atoms with Crippen LogP contribution in [0, 0.1) is 5.41 Å². The minimum Gasteiger partial charge on any atom is -0.384 e. The molecule has 2 aromatic carbocycles. The van der Waals surface area contributed by atoms with Crippen molar-refractivity contribution in [2.45, 2.75) is 13.0 Å². The number of hydrogen-bond acceptors (Lipinski definition) is 2. The third kappa shape index (κ3) is 2.21. The highest BCUT2D eigenvalue weighted by Gasteiger charge is 2.25. The van der Waals surface area contributed by atoms with Crippen molar-refractivity contribution >= 4 is 11.5 Å². The normalized spacial score (nSPS) is 13.7. The van der Waals surface area contributed by atoms with E-state index in [-0.39, 0.29) is 0 Å². The Morgan fingerprint density at radius 2 is 1.85 bits per heavy atom. The molecule has 1 heterocycles. The van der Waals surface area contributed by atoms with Crippen molar-refractivity contribution in [3.05, 3.63) is 65.2 Å². The van der Waals surface area contributed by atoms with Crippen LogP contribution in [0.3, 0.4) is 0 Å². The van der Waals surface area contributed by atoms with Gasteiger partial charge in [0, 0.05) is 18.4 Å². The second-order valence-electron chi connectivity index (χ2n) is 4.96. The average Bonchev–Trinajstić information content (AvgIpc) is 2.83. The number of hydrogen-bond donors (Lipinski definition) is 1. The first-order valence-corrected chi connectivity index (χ1v) is 6.82. The average molecular weight is 266 g/mol. The minimum absolute atomic E-state index is 0.588. The molecule has 20 heavy (non-hydrogen) atoms. The lowest BCUT2D eigenvalue weighted by molar-refractivity contribution is 0.202. The molecule has 2 aromatic rings. The summed E-state index contributed by atoms with van der Waals surface area (Å²) in [6.45, 7) is 1.48. The molecular weight excluding hydrogens is 248 g/mol. The molecule has 0 aromatic heterocycles. The molecule has 3 rings (SSSR count). The fourth-order valence-electron chi connectivity index (χ4n) is 2.69. The minimum atomic E-state index is 0.588. The summed E-state index contributed by atoms with van der Waals surface area (Å²) in [4.78, 5) is 2.08. The van der Waals surface area contributed by atoms with E-state index in [4.69, 9.17) is 10.1 Å². The Balaban J connectivity index is 1.94. The maximum atomic E-state index is 8.39. The van der Waals surface area contributed by atoms with E-state index in [1.54, 1.807) is 7.11 Å². The van der Waals surface area contributed by atoms with Gasteiger partial charge in [0.25, 0.3) is 0 Å². The van der Waals surface area contributed by atoms with E-state index in [0.717, 1.165) is 24.2 Å². The Kier molecular flexibility index (Phi) is 3.52. The Morgan fingerprint density at radius 1 is 1.10 bits per heavy atom. The maximum absolute atomic E-state index is 8.39. The molecular formula is C17H18N2O. The molecule has 0 spiro atoms. The number of fused-ring (bicyclic) bond motifs is 1. The summed E-state index contributed by atoms with van der Waals surface area (Å²) in [5, 5.41) is 8.39. The topological polar surface area (TPSA) is 36.3 Å². The van der Waals surface area contributed by atoms with Crippen molar-refractivity contribution in [3.8, 4) is 0 Å². The lowest BCUT2D eigenvalue weighted by atomic mass is 10.1. The highest BCUT2D eigenvalue weighted by Crippen LogP contribution is 2.30. The fraction of sp³-hybridized carbons (Fsp3) is 0.235. The van der Waals surface area contributed by atoms with Gasteiger partial charge in [-0.3, -0.25) is 5.41 Å². The molecule has 0 amide bonds. The van der Waals surface area contributed by atoms with Crippen molar-refractivity contribution in [3.63, 3.8) is 0 Å². The van der Waals surface area contributed by atoms with Crippen molar-refractivity contribution in [1.82, 2.24) is 0 Å². The molecule has 0 aliphatic carbocycles. The van der Waals surface area contributed by atoms with Crippen LogP contribution in [0.1, 0.15) is 16.7 Å². The smallest absolute Gasteiger partial charge is 0.133 e. The third-order valence-electron chi connectivity index (χ3n) is 3.73. The molecule has 0 unspecified atom stereocenters. The molecule has 0 radical (unpaired) electrons. The van der Waals surface area contributed by atoms with Gasteiger partial charge in [0.2, 0.25) is 0 Å². The molecule has 0 bridgehead atoms. The summed E-state index contributed by atoms with van der Waals surface area (Å²) < 4.78 is 5.18. The molecule has 0 fully saturated rings. The number of methoxy groups -OCH3 is 1. The van der Waals surface area contributed by atoms with Crippen LogP contribution >= 0.6 is 0 Å². The van der Waals surface area contributed by atoms with Crippen molar-refractivity contribution in [1.29, 1.82) is 5.41 Å².